The van der Waals surface area contributed by atoms with Crippen LogP contribution in [0.4, 0.5) is 0 Å². The Kier molecular flexibility index (Phi) is 3.16. The highest BCUT2D eigenvalue weighted by molar-refractivity contribution is 7.98. The van der Waals surface area contributed by atoms with Crippen molar-refractivity contribution < 1.29 is 0 Å². The molecule has 0 aliphatic carbocycles. The Morgan fingerprint density at radius 1 is 1.46 bits per heavy atom. The summed E-state index contributed by atoms with van der Waals surface area (Å²) in [6.45, 7) is 2.38. The van der Waals surface area contributed by atoms with E-state index in [0.29, 0.717) is 0 Å². The molecule has 1 aliphatic rings. The number of nitrogens with one attached hydrogen (secondary N) is 1. The van der Waals surface area contributed by atoms with Gasteiger partial charge in [-0.15, -0.1) is 0 Å². The van der Waals surface area contributed by atoms with Crippen LogP contribution in [0.2, 0.25) is 0 Å². The SMILES string of the molecule is c1cnc(CSCC2CNC2)cn1. The number of nitrogens with zero attached hydrogens (tertiary/aromatic N) is 2. The molecule has 4 heteroatoms. The molecule has 70 valence electrons. The van der Waals surface area contributed by atoms with Gasteiger partial charge < -0.3 is 5.32 Å². The molecule has 1 aromatic rings. The zero-order valence-electron chi connectivity index (χ0n) is 7.44. The normalized spacial score (nSPS) is 16.9. The van der Waals surface area contributed by atoms with Crippen molar-refractivity contribution in [3.8, 4) is 0 Å². The largest absolute Gasteiger partial charge is 0.316 e. The van der Waals surface area contributed by atoms with Gasteiger partial charge >= 0.3 is 0 Å². The first-order chi connectivity index (χ1) is 6.45. The van der Waals surface area contributed by atoms with Crippen molar-refractivity contribution in [2.75, 3.05) is 18.8 Å². The van der Waals surface area contributed by atoms with Crippen molar-refractivity contribution in [1.82, 2.24) is 15.3 Å². The highest BCUT2D eigenvalue weighted by atomic mass is 32.2. The average Bonchev–Trinajstić information content (AvgIpc) is 2.11. The highest BCUT2D eigenvalue weighted by Gasteiger charge is 2.15. The van der Waals surface area contributed by atoms with Gasteiger partial charge in [0.15, 0.2) is 0 Å². The number of thioether (sulfide) groups is 1. The van der Waals surface area contributed by atoms with Crippen LogP contribution in [0.15, 0.2) is 18.6 Å². The first-order valence-electron chi connectivity index (χ1n) is 4.48. The predicted octanol–water partition coefficient (Wildman–Crippen LogP) is 0.929. The minimum atomic E-state index is 0.877. The Labute approximate surface area is 82.4 Å². The maximum absolute atomic E-state index is 4.22. The summed E-state index contributed by atoms with van der Waals surface area (Å²) in [6.07, 6.45) is 5.30. The Hall–Kier alpha value is -0.610. The van der Waals surface area contributed by atoms with Crippen LogP contribution < -0.4 is 5.32 Å². The van der Waals surface area contributed by atoms with E-state index in [0.717, 1.165) is 17.4 Å². The lowest BCUT2D eigenvalue weighted by Gasteiger charge is -2.26. The van der Waals surface area contributed by atoms with Crippen molar-refractivity contribution in [3.05, 3.63) is 24.3 Å². The Morgan fingerprint density at radius 3 is 3.00 bits per heavy atom. The van der Waals surface area contributed by atoms with E-state index in [1.54, 1.807) is 12.4 Å². The fourth-order valence-corrected chi connectivity index (χ4v) is 2.25. The van der Waals surface area contributed by atoms with Gasteiger partial charge in [0.2, 0.25) is 0 Å². The molecule has 0 radical (unpaired) electrons. The molecule has 1 fully saturated rings. The smallest absolute Gasteiger partial charge is 0.0685 e. The fraction of sp³-hybridized carbons (Fsp3) is 0.556. The van der Waals surface area contributed by atoms with E-state index in [4.69, 9.17) is 0 Å². The number of hydrogen-bond donors (Lipinski definition) is 1. The standard InChI is InChI=1S/C9H13N3S/c1-2-12-9(5-10-1)7-13-6-8-3-11-4-8/h1-2,5,8,11H,3-4,6-7H2. The first kappa shape index (κ1) is 8.97. The molecule has 1 saturated heterocycles. The molecule has 1 aliphatic heterocycles. The minimum Gasteiger partial charge on any atom is -0.316 e. The zero-order chi connectivity index (χ0) is 8.93. The molecule has 2 heterocycles. The van der Waals surface area contributed by atoms with Gasteiger partial charge in [0.05, 0.1) is 5.69 Å². The summed E-state index contributed by atoms with van der Waals surface area (Å²) < 4.78 is 0. The summed E-state index contributed by atoms with van der Waals surface area (Å²) in [6, 6.07) is 0. The van der Waals surface area contributed by atoms with Crippen LogP contribution in [-0.4, -0.2) is 28.8 Å². The number of aromatic nitrogens is 2. The first-order valence-corrected chi connectivity index (χ1v) is 5.64. The van der Waals surface area contributed by atoms with Crippen LogP contribution in [-0.2, 0) is 5.75 Å². The van der Waals surface area contributed by atoms with Gasteiger partial charge in [-0.1, -0.05) is 0 Å². The van der Waals surface area contributed by atoms with Crippen molar-refractivity contribution in [2.24, 2.45) is 5.92 Å². The maximum atomic E-state index is 4.22. The Balaban J connectivity index is 1.67. The second kappa shape index (κ2) is 4.58. The van der Waals surface area contributed by atoms with E-state index in [9.17, 15) is 0 Å². The highest BCUT2D eigenvalue weighted by Crippen LogP contribution is 2.15. The molecule has 0 saturated carbocycles. The van der Waals surface area contributed by atoms with Crippen LogP contribution in [0.3, 0.4) is 0 Å². The monoisotopic (exact) mass is 195 g/mol. The molecule has 1 aromatic heterocycles. The average molecular weight is 195 g/mol. The second-order valence-corrected chi connectivity index (χ2v) is 4.27. The van der Waals surface area contributed by atoms with Crippen molar-refractivity contribution in [1.29, 1.82) is 0 Å². The molecule has 1 N–H and O–H groups in total. The third-order valence-corrected chi connectivity index (χ3v) is 3.29. The van der Waals surface area contributed by atoms with Crippen LogP contribution in [0.1, 0.15) is 5.69 Å². The minimum absolute atomic E-state index is 0.877. The fourth-order valence-electron chi connectivity index (χ4n) is 1.20. The molecule has 3 nitrogen and oxygen atoms in total. The molecular weight excluding hydrogens is 182 g/mol. The van der Waals surface area contributed by atoms with Gasteiger partial charge in [-0.25, -0.2) is 0 Å². The number of hydrogen-bond acceptors (Lipinski definition) is 4. The molecule has 0 bridgehead atoms. The summed E-state index contributed by atoms with van der Waals surface area (Å²) in [7, 11) is 0. The van der Waals surface area contributed by atoms with Crippen molar-refractivity contribution >= 4 is 11.8 Å². The quantitative estimate of drug-likeness (QED) is 0.775. The zero-order valence-corrected chi connectivity index (χ0v) is 8.26. The molecular formula is C9H13N3S. The van der Waals surface area contributed by atoms with Crippen molar-refractivity contribution in [2.45, 2.75) is 5.75 Å². The topological polar surface area (TPSA) is 37.8 Å². The second-order valence-electron chi connectivity index (χ2n) is 3.24. The lowest BCUT2D eigenvalue weighted by Crippen LogP contribution is -2.43. The van der Waals surface area contributed by atoms with Gasteiger partial charge in [-0.3, -0.25) is 9.97 Å². The van der Waals surface area contributed by atoms with E-state index in [2.05, 4.69) is 15.3 Å². The molecule has 0 amide bonds. The van der Waals surface area contributed by atoms with E-state index >= 15 is 0 Å². The van der Waals surface area contributed by atoms with E-state index < -0.39 is 0 Å². The maximum Gasteiger partial charge on any atom is 0.0685 e. The van der Waals surface area contributed by atoms with Crippen LogP contribution in [0, 0.1) is 5.92 Å². The lowest BCUT2D eigenvalue weighted by atomic mass is 10.1. The molecule has 0 aromatic carbocycles. The van der Waals surface area contributed by atoms with Gasteiger partial charge in [0.25, 0.3) is 0 Å². The van der Waals surface area contributed by atoms with Gasteiger partial charge in [0.1, 0.15) is 0 Å². The van der Waals surface area contributed by atoms with Gasteiger partial charge in [-0.05, 0) is 24.8 Å². The van der Waals surface area contributed by atoms with E-state index in [1.807, 2.05) is 18.0 Å². The Morgan fingerprint density at radius 2 is 2.38 bits per heavy atom. The van der Waals surface area contributed by atoms with Crippen LogP contribution in [0.25, 0.3) is 0 Å². The summed E-state index contributed by atoms with van der Waals surface area (Å²) in [5, 5.41) is 3.27. The van der Waals surface area contributed by atoms with Crippen LogP contribution >= 0.6 is 11.8 Å². The lowest BCUT2D eigenvalue weighted by molar-refractivity contribution is 0.385. The molecule has 0 spiro atoms. The molecule has 13 heavy (non-hydrogen) atoms. The van der Waals surface area contributed by atoms with E-state index in [-0.39, 0.29) is 0 Å². The summed E-state index contributed by atoms with van der Waals surface area (Å²) >= 11 is 1.95. The van der Waals surface area contributed by atoms with Crippen LogP contribution in [0.5, 0.6) is 0 Å². The molecule has 0 atom stereocenters. The third kappa shape index (κ3) is 2.67. The third-order valence-electron chi connectivity index (χ3n) is 2.09. The summed E-state index contributed by atoms with van der Waals surface area (Å²) in [5.41, 5.74) is 1.08. The van der Waals surface area contributed by atoms with E-state index in [1.165, 1.54) is 18.8 Å². The number of rotatable bonds is 4. The molecule has 2 rings (SSSR count). The van der Waals surface area contributed by atoms with Gasteiger partial charge in [-0.2, -0.15) is 11.8 Å². The van der Waals surface area contributed by atoms with Crippen molar-refractivity contribution in [3.63, 3.8) is 0 Å². The molecule has 0 unspecified atom stereocenters. The summed E-state index contributed by atoms with van der Waals surface area (Å²) in [5.74, 6) is 3.11. The predicted molar refractivity (Wildman–Crippen MR) is 54.6 cm³/mol. The Bertz CT molecular complexity index is 248. The summed E-state index contributed by atoms with van der Waals surface area (Å²) in [4.78, 5) is 8.25. The van der Waals surface area contributed by atoms with Gasteiger partial charge in [0, 0.05) is 24.3 Å².